The molecular weight excluding hydrogens is 352 g/mol. The fourth-order valence-corrected chi connectivity index (χ4v) is 4.02. The number of methoxy groups -OCH3 is 1. The van der Waals surface area contributed by atoms with Gasteiger partial charge in [0.2, 0.25) is 0 Å². The minimum atomic E-state index is 0.193. The van der Waals surface area contributed by atoms with Crippen LogP contribution in [0.5, 0.6) is 5.75 Å². The molecule has 0 atom stereocenters. The summed E-state index contributed by atoms with van der Waals surface area (Å²) in [5.41, 5.74) is 17.8. The van der Waals surface area contributed by atoms with Crippen LogP contribution in [0.2, 0.25) is 0 Å². The number of aromatic nitrogens is 4. The summed E-state index contributed by atoms with van der Waals surface area (Å²) in [4.78, 5) is 8.70. The number of fused-ring (bicyclic) bond motifs is 2. The third-order valence-corrected chi connectivity index (χ3v) is 5.40. The van der Waals surface area contributed by atoms with Crippen LogP contribution < -0.4 is 16.2 Å². The number of ether oxygens (including phenoxy) is 1. The first-order valence-electron chi connectivity index (χ1n) is 9.15. The lowest BCUT2D eigenvalue weighted by molar-refractivity contribution is 0.417. The van der Waals surface area contributed by atoms with Gasteiger partial charge in [0.1, 0.15) is 23.6 Å². The normalized spacial score (nSPS) is 13.8. The van der Waals surface area contributed by atoms with Crippen LogP contribution >= 0.6 is 0 Å². The van der Waals surface area contributed by atoms with Gasteiger partial charge in [-0.1, -0.05) is 30.3 Å². The third kappa shape index (κ3) is 2.47. The van der Waals surface area contributed by atoms with Gasteiger partial charge in [0, 0.05) is 5.56 Å². The first kappa shape index (κ1) is 16.6. The Labute approximate surface area is 162 Å². The molecule has 140 valence electrons. The van der Waals surface area contributed by atoms with Crippen molar-refractivity contribution in [2.45, 2.75) is 18.9 Å². The molecule has 0 bridgehead atoms. The van der Waals surface area contributed by atoms with Gasteiger partial charge in [0.15, 0.2) is 5.65 Å². The molecule has 1 aliphatic carbocycles. The van der Waals surface area contributed by atoms with Gasteiger partial charge in [0.05, 0.1) is 24.2 Å². The van der Waals surface area contributed by atoms with E-state index in [1.165, 1.54) is 17.5 Å². The molecule has 7 nitrogen and oxygen atoms in total. The molecule has 1 aliphatic rings. The molecular formula is C21H20N6O. The minimum absolute atomic E-state index is 0.193. The molecule has 2 aromatic carbocycles. The zero-order valence-corrected chi connectivity index (χ0v) is 15.5. The molecule has 0 amide bonds. The van der Waals surface area contributed by atoms with E-state index in [1.54, 1.807) is 7.11 Å². The SMILES string of the molecule is COc1cc(-c2nn(C3Cc4ccccc4C3)c3ncnc(N)c23)ccc1N. The lowest BCUT2D eigenvalue weighted by Gasteiger charge is -2.10. The maximum atomic E-state index is 6.23. The van der Waals surface area contributed by atoms with Gasteiger partial charge in [-0.05, 0) is 36.1 Å². The van der Waals surface area contributed by atoms with Crippen LogP contribution in [-0.4, -0.2) is 26.9 Å². The minimum Gasteiger partial charge on any atom is -0.495 e. The first-order chi connectivity index (χ1) is 13.7. The summed E-state index contributed by atoms with van der Waals surface area (Å²) in [5, 5.41) is 5.68. The van der Waals surface area contributed by atoms with E-state index in [-0.39, 0.29) is 6.04 Å². The lowest BCUT2D eigenvalue weighted by Crippen LogP contribution is -2.11. The van der Waals surface area contributed by atoms with Gasteiger partial charge >= 0.3 is 0 Å². The molecule has 2 heterocycles. The van der Waals surface area contributed by atoms with Crippen molar-refractivity contribution >= 4 is 22.5 Å². The molecule has 2 aromatic heterocycles. The summed E-state index contributed by atoms with van der Waals surface area (Å²) in [6.07, 6.45) is 3.33. The third-order valence-electron chi connectivity index (χ3n) is 5.40. The second kappa shape index (κ2) is 6.23. The molecule has 0 unspecified atom stereocenters. The van der Waals surface area contributed by atoms with E-state index in [2.05, 4.69) is 34.2 Å². The predicted octanol–water partition coefficient (Wildman–Crippen LogP) is 3.01. The number of hydrogen-bond donors (Lipinski definition) is 2. The van der Waals surface area contributed by atoms with E-state index >= 15 is 0 Å². The monoisotopic (exact) mass is 372 g/mol. The average molecular weight is 372 g/mol. The Kier molecular flexibility index (Phi) is 3.68. The van der Waals surface area contributed by atoms with E-state index in [0.29, 0.717) is 17.3 Å². The second-order valence-corrected chi connectivity index (χ2v) is 7.04. The molecule has 5 rings (SSSR count). The van der Waals surface area contributed by atoms with E-state index in [4.69, 9.17) is 21.3 Å². The van der Waals surface area contributed by atoms with E-state index in [0.717, 1.165) is 35.1 Å². The van der Waals surface area contributed by atoms with Gasteiger partial charge in [-0.25, -0.2) is 14.6 Å². The number of nitrogen functional groups attached to an aromatic ring is 2. The van der Waals surface area contributed by atoms with Crippen molar-refractivity contribution in [2.24, 2.45) is 0 Å². The van der Waals surface area contributed by atoms with Crippen molar-refractivity contribution < 1.29 is 4.74 Å². The van der Waals surface area contributed by atoms with Gasteiger partial charge in [-0.3, -0.25) is 0 Å². The fraction of sp³-hybridized carbons (Fsp3) is 0.190. The highest BCUT2D eigenvalue weighted by molar-refractivity contribution is 5.98. The summed E-state index contributed by atoms with van der Waals surface area (Å²) >= 11 is 0. The smallest absolute Gasteiger partial charge is 0.164 e. The molecule has 0 saturated carbocycles. The number of nitrogens with two attached hydrogens (primary N) is 2. The van der Waals surface area contributed by atoms with Crippen molar-refractivity contribution in [2.75, 3.05) is 18.6 Å². The molecule has 0 spiro atoms. The van der Waals surface area contributed by atoms with E-state index in [9.17, 15) is 0 Å². The highest BCUT2D eigenvalue weighted by Gasteiger charge is 2.27. The van der Waals surface area contributed by atoms with Crippen molar-refractivity contribution in [1.82, 2.24) is 19.7 Å². The fourth-order valence-electron chi connectivity index (χ4n) is 4.02. The lowest BCUT2D eigenvalue weighted by atomic mass is 10.1. The largest absolute Gasteiger partial charge is 0.495 e. The Balaban J connectivity index is 1.68. The van der Waals surface area contributed by atoms with Crippen molar-refractivity contribution in [1.29, 1.82) is 0 Å². The van der Waals surface area contributed by atoms with E-state index < -0.39 is 0 Å². The van der Waals surface area contributed by atoms with Gasteiger partial charge in [0.25, 0.3) is 0 Å². The second-order valence-electron chi connectivity index (χ2n) is 7.04. The Morgan fingerprint density at radius 1 is 1.04 bits per heavy atom. The van der Waals surface area contributed by atoms with Crippen LogP contribution in [0.4, 0.5) is 11.5 Å². The standard InChI is InChI=1S/C21H20N6O/c1-28-17-10-14(6-7-16(17)22)19-18-20(23)24-11-25-21(18)27(26-19)15-8-12-4-2-3-5-13(12)9-15/h2-7,10-11,15H,8-9,22H2,1H3,(H2,23,24,25). The Bertz CT molecular complexity index is 1170. The number of nitrogens with zero attached hydrogens (tertiary/aromatic N) is 4. The number of anilines is 2. The van der Waals surface area contributed by atoms with Crippen LogP contribution in [0.3, 0.4) is 0 Å². The van der Waals surface area contributed by atoms with Crippen LogP contribution in [0.15, 0.2) is 48.8 Å². The predicted molar refractivity (Wildman–Crippen MR) is 109 cm³/mol. The summed E-state index contributed by atoms with van der Waals surface area (Å²) < 4.78 is 7.37. The maximum absolute atomic E-state index is 6.23. The maximum Gasteiger partial charge on any atom is 0.164 e. The zero-order valence-electron chi connectivity index (χ0n) is 15.5. The van der Waals surface area contributed by atoms with Crippen LogP contribution in [0.25, 0.3) is 22.3 Å². The molecule has 7 heteroatoms. The quantitative estimate of drug-likeness (QED) is 0.536. The van der Waals surface area contributed by atoms with Crippen molar-refractivity contribution in [3.63, 3.8) is 0 Å². The van der Waals surface area contributed by atoms with Crippen molar-refractivity contribution in [3.8, 4) is 17.0 Å². The van der Waals surface area contributed by atoms with Crippen LogP contribution in [0.1, 0.15) is 17.2 Å². The molecule has 28 heavy (non-hydrogen) atoms. The Morgan fingerprint density at radius 2 is 1.79 bits per heavy atom. The summed E-state index contributed by atoms with van der Waals surface area (Å²) in [5.74, 6) is 1.02. The number of hydrogen-bond acceptors (Lipinski definition) is 6. The highest BCUT2D eigenvalue weighted by atomic mass is 16.5. The van der Waals surface area contributed by atoms with Gasteiger partial charge in [-0.2, -0.15) is 5.10 Å². The summed E-state index contributed by atoms with van der Waals surface area (Å²) in [7, 11) is 1.60. The number of rotatable bonds is 3. The topological polar surface area (TPSA) is 105 Å². The highest BCUT2D eigenvalue weighted by Crippen LogP contribution is 2.37. The summed E-state index contributed by atoms with van der Waals surface area (Å²) in [6, 6.07) is 14.3. The van der Waals surface area contributed by atoms with Crippen LogP contribution in [-0.2, 0) is 12.8 Å². The molecule has 4 aromatic rings. The average Bonchev–Trinajstić information content (AvgIpc) is 3.30. The van der Waals surface area contributed by atoms with Crippen molar-refractivity contribution in [3.05, 3.63) is 59.9 Å². The van der Waals surface area contributed by atoms with Crippen LogP contribution in [0, 0.1) is 0 Å². The zero-order chi connectivity index (χ0) is 19.3. The molecule has 4 N–H and O–H groups in total. The molecule has 0 fully saturated rings. The van der Waals surface area contributed by atoms with Gasteiger partial charge < -0.3 is 16.2 Å². The number of benzene rings is 2. The Hall–Kier alpha value is -3.61. The Morgan fingerprint density at radius 3 is 2.50 bits per heavy atom. The molecule has 0 radical (unpaired) electrons. The molecule has 0 saturated heterocycles. The van der Waals surface area contributed by atoms with E-state index in [1.807, 2.05) is 22.9 Å². The summed E-state index contributed by atoms with van der Waals surface area (Å²) in [6.45, 7) is 0. The van der Waals surface area contributed by atoms with Gasteiger partial charge in [-0.15, -0.1) is 0 Å². The first-order valence-corrected chi connectivity index (χ1v) is 9.15. The molecule has 0 aliphatic heterocycles.